The normalized spacial score (nSPS) is 14.8. The molecule has 0 unspecified atom stereocenters. The fourth-order valence-electron chi connectivity index (χ4n) is 3.60. The van der Waals surface area contributed by atoms with Gasteiger partial charge in [-0.3, -0.25) is 14.9 Å². The van der Waals surface area contributed by atoms with Crippen LogP contribution in [0.15, 0.2) is 60.7 Å². The molecule has 0 radical (unpaired) electrons. The Balaban J connectivity index is 1.58. The Hall–Kier alpha value is -4.20. The highest BCUT2D eigenvalue weighted by Crippen LogP contribution is 2.32. The predicted molar refractivity (Wildman–Crippen MR) is 117 cm³/mol. The molecule has 1 aliphatic heterocycles. The van der Waals surface area contributed by atoms with E-state index in [4.69, 9.17) is 9.47 Å². The van der Waals surface area contributed by atoms with Crippen LogP contribution in [0.2, 0.25) is 0 Å². The Labute approximate surface area is 183 Å². The van der Waals surface area contributed by atoms with Gasteiger partial charge in [-0.15, -0.1) is 0 Å². The van der Waals surface area contributed by atoms with Crippen LogP contribution in [0.5, 0.6) is 5.75 Å². The lowest BCUT2D eigenvalue weighted by Gasteiger charge is -2.25. The van der Waals surface area contributed by atoms with Gasteiger partial charge in [0.1, 0.15) is 11.9 Å². The molecule has 8 heteroatoms. The second-order valence-corrected chi connectivity index (χ2v) is 7.48. The maximum absolute atomic E-state index is 12.8. The largest absolute Gasteiger partial charge is 0.494 e. The van der Waals surface area contributed by atoms with E-state index >= 15 is 0 Å². The molecule has 0 spiro atoms. The van der Waals surface area contributed by atoms with Crippen LogP contribution in [-0.4, -0.2) is 23.9 Å². The summed E-state index contributed by atoms with van der Waals surface area (Å²) in [5.74, 6) is -0.680. The fraction of sp³-hybridized carbons (Fsp3) is 0.167. The number of cyclic esters (lactones) is 1. The van der Waals surface area contributed by atoms with E-state index in [0.717, 1.165) is 16.7 Å². The second kappa shape index (κ2) is 8.50. The van der Waals surface area contributed by atoms with Crippen molar-refractivity contribution in [2.75, 3.05) is 12.4 Å². The molecule has 162 valence electrons. The summed E-state index contributed by atoms with van der Waals surface area (Å²) >= 11 is 0. The summed E-state index contributed by atoms with van der Waals surface area (Å²) in [6, 6.07) is 16.5. The summed E-state index contributed by atoms with van der Waals surface area (Å²) < 4.78 is 10.8. The van der Waals surface area contributed by atoms with Crippen molar-refractivity contribution in [1.82, 2.24) is 0 Å². The van der Waals surface area contributed by atoms with Crippen LogP contribution < -0.4 is 10.1 Å². The van der Waals surface area contributed by atoms with Gasteiger partial charge in [-0.25, -0.2) is 4.79 Å². The molecule has 1 N–H and O–H groups in total. The first-order chi connectivity index (χ1) is 15.4. The zero-order valence-corrected chi connectivity index (χ0v) is 17.5. The molecule has 0 aromatic heterocycles. The van der Waals surface area contributed by atoms with Crippen LogP contribution in [-0.2, 0) is 11.2 Å². The first kappa shape index (κ1) is 21.0. The third-order valence-corrected chi connectivity index (χ3v) is 5.34. The van der Waals surface area contributed by atoms with E-state index in [-0.39, 0.29) is 11.4 Å². The minimum absolute atomic E-state index is 0.144. The molecule has 4 rings (SSSR count). The van der Waals surface area contributed by atoms with Gasteiger partial charge in [0.25, 0.3) is 11.6 Å². The Kier molecular flexibility index (Phi) is 5.59. The molecule has 1 atom stereocenters. The number of fused-ring (bicyclic) bond motifs is 1. The molecular formula is C24H20N2O6. The van der Waals surface area contributed by atoms with Gasteiger partial charge in [0, 0.05) is 18.1 Å². The van der Waals surface area contributed by atoms with Crippen LogP contribution in [0.4, 0.5) is 11.4 Å². The summed E-state index contributed by atoms with van der Waals surface area (Å²) in [5.41, 5.74) is 3.65. The molecule has 1 amide bonds. The standard InChI is InChI=1S/C24H20N2O6/c1-14-3-5-15(6-4-14)21-12-17-11-16(7-9-19(17)24(28)32-21)23(27)25-20-10-8-18(26(29)30)13-22(20)31-2/h3-11,13,21H,12H2,1-2H3,(H,25,27)/t21-/m0/s1. The number of hydrogen-bond donors (Lipinski definition) is 1. The van der Waals surface area contributed by atoms with E-state index in [1.807, 2.05) is 31.2 Å². The summed E-state index contributed by atoms with van der Waals surface area (Å²) in [6.45, 7) is 1.98. The monoisotopic (exact) mass is 432 g/mol. The Morgan fingerprint density at radius 3 is 2.56 bits per heavy atom. The number of amides is 1. The van der Waals surface area contributed by atoms with Crippen molar-refractivity contribution in [2.24, 2.45) is 0 Å². The average molecular weight is 432 g/mol. The molecule has 3 aromatic rings. The molecule has 0 aliphatic carbocycles. The lowest BCUT2D eigenvalue weighted by Crippen LogP contribution is -2.23. The van der Waals surface area contributed by atoms with E-state index in [9.17, 15) is 19.7 Å². The van der Waals surface area contributed by atoms with E-state index in [0.29, 0.717) is 23.2 Å². The number of carbonyl (C=O) groups is 2. The summed E-state index contributed by atoms with van der Waals surface area (Å²) in [6.07, 6.45) is 0.0234. The number of non-ortho nitro benzene ring substituents is 1. The van der Waals surface area contributed by atoms with Gasteiger partial charge in [-0.2, -0.15) is 0 Å². The third kappa shape index (κ3) is 4.15. The summed E-state index contributed by atoms with van der Waals surface area (Å²) in [5, 5.41) is 13.7. The van der Waals surface area contributed by atoms with Gasteiger partial charge < -0.3 is 14.8 Å². The SMILES string of the molecule is COc1cc([N+](=O)[O-])ccc1NC(=O)c1ccc2c(c1)C[C@@H](c1ccc(C)cc1)OC2=O. The van der Waals surface area contributed by atoms with Gasteiger partial charge in [-0.1, -0.05) is 29.8 Å². The third-order valence-electron chi connectivity index (χ3n) is 5.34. The number of esters is 1. The zero-order chi connectivity index (χ0) is 22.8. The topological polar surface area (TPSA) is 108 Å². The number of anilines is 1. The van der Waals surface area contributed by atoms with E-state index in [2.05, 4.69) is 5.32 Å². The number of rotatable bonds is 5. The predicted octanol–water partition coefficient (Wildman–Crippen LogP) is 4.62. The molecule has 1 heterocycles. The first-order valence-corrected chi connectivity index (χ1v) is 9.90. The molecule has 0 saturated carbocycles. The number of methoxy groups -OCH3 is 1. The molecule has 0 fully saturated rings. The van der Waals surface area contributed by atoms with Crippen molar-refractivity contribution in [3.05, 3.63) is 98.6 Å². The molecule has 0 bridgehead atoms. The number of benzene rings is 3. The molecular weight excluding hydrogens is 412 g/mol. The first-order valence-electron chi connectivity index (χ1n) is 9.90. The van der Waals surface area contributed by atoms with Crippen molar-refractivity contribution < 1.29 is 24.0 Å². The maximum atomic E-state index is 12.8. The smallest absolute Gasteiger partial charge is 0.339 e. The average Bonchev–Trinajstić information content (AvgIpc) is 2.79. The van der Waals surface area contributed by atoms with Crippen molar-refractivity contribution >= 4 is 23.3 Å². The number of aryl methyl sites for hydroxylation is 1. The van der Waals surface area contributed by atoms with Gasteiger partial charge in [0.15, 0.2) is 0 Å². The van der Waals surface area contributed by atoms with Gasteiger partial charge in [0.05, 0.1) is 29.4 Å². The van der Waals surface area contributed by atoms with Crippen molar-refractivity contribution in [3.63, 3.8) is 0 Å². The van der Waals surface area contributed by atoms with Crippen molar-refractivity contribution in [1.29, 1.82) is 0 Å². The Bertz CT molecular complexity index is 1220. The number of nitro groups is 1. The van der Waals surface area contributed by atoms with Crippen molar-refractivity contribution in [3.8, 4) is 5.75 Å². The van der Waals surface area contributed by atoms with Crippen molar-refractivity contribution in [2.45, 2.75) is 19.4 Å². The number of nitrogens with one attached hydrogen (secondary N) is 1. The van der Waals surface area contributed by atoms with Gasteiger partial charge in [0.2, 0.25) is 0 Å². The minimum atomic E-state index is -0.541. The number of ether oxygens (including phenoxy) is 2. The van der Waals surface area contributed by atoms with Gasteiger partial charge >= 0.3 is 5.97 Å². The Morgan fingerprint density at radius 1 is 1.12 bits per heavy atom. The summed E-state index contributed by atoms with van der Waals surface area (Å²) in [7, 11) is 1.37. The van der Waals surface area contributed by atoms with Crippen LogP contribution in [0.25, 0.3) is 0 Å². The highest BCUT2D eigenvalue weighted by molar-refractivity contribution is 6.06. The van der Waals surface area contributed by atoms with Crippen LogP contribution in [0.1, 0.15) is 43.5 Å². The van der Waals surface area contributed by atoms with Crippen LogP contribution in [0.3, 0.4) is 0 Å². The number of nitro benzene ring substituents is 1. The number of hydrogen-bond acceptors (Lipinski definition) is 6. The molecule has 3 aromatic carbocycles. The molecule has 1 aliphatic rings. The zero-order valence-electron chi connectivity index (χ0n) is 17.5. The molecule has 32 heavy (non-hydrogen) atoms. The number of carbonyl (C=O) groups excluding carboxylic acids is 2. The minimum Gasteiger partial charge on any atom is -0.494 e. The van der Waals surface area contributed by atoms with Crippen LogP contribution >= 0.6 is 0 Å². The van der Waals surface area contributed by atoms with E-state index in [1.165, 1.54) is 25.3 Å². The van der Waals surface area contributed by atoms with Gasteiger partial charge in [-0.05, 0) is 42.3 Å². The van der Waals surface area contributed by atoms with E-state index < -0.39 is 22.9 Å². The lowest BCUT2D eigenvalue weighted by atomic mass is 9.92. The summed E-state index contributed by atoms with van der Waals surface area (Å²) in [4.78, 5) is 35.7. The highest BCUT2D eigenvalue weighted by atomic mass is 16.6. The lowest BCUT2D eigenvalue weighted by molar-refractivity contribution is -0.384. The highest BCUT2D eigenvalue weighted by Gasteiger charge is 2.28. The number of nitrogens with zero attached hydrogens (tertiary/aromatic N) is 1. The van der Waals surface area contributed by atoms with E-state index in [1.54, 1.807) is 18.2 Å². The van der Waals surface area contributed by atoms with Crippen LogP contribution in [0, 0.1) is 17.0 Å². The quantitative estimate of drug-likeness (QED) is 0.358. The Morgan fingerprint density at radius 2 is 1.88 bits per heavy atom. The second-order valence-electron chi connectivity index (χ2n) is 7.48. The molecule has 0 saturated heterocycles. The fourth-order valence-corrected chi connectivity index (χ4v) is 3.60. The molecule has 8 nitrogen and oxygen atoms in total. The maximum Gasteiger partial charge on any atom is 0.339 e.